The molecule has 0 spiro atoms. The number of halogens is 3. The molecule has 0 amide bonds. The first-order valence-electron chi connectivity index (χ1n) is 10.3. The first-order valence-corrected chi connectivity index (χ1v) is 13.0. The van der Waals surface area contributed by atoms with Crippen LogP contribution in [0.25, 0.3) is 0 Å². The summed E-state index contributed by atoms with van der Waals surface area (Å²) in [5.74, 6) is 0. The van der Waals surface area contributed by atoms with E-state index in [9.17, 15) is 0 Å². The monoisotopic (exact) mass is 532 g/mol. The molecule has 1 aliphatic rings. The van der Waals surface area contributed by atoms with Crippen LogP contribution in [-0.2, 0) is 20.4 Å². The SMILES string of the molecule is CC1=C([Si](c2cccc(C)c2)(c2cccc(C)c2)c2cccc(C)c2)CC=[C]1[Ti+3].[Cl-].[Cl-].[Cl-]. The minimum absolute atomic E-state index is 0. The van der Waals surface area contributed by atoms with Gasteiger partial charge in [-0.3, -0.25) is 0 Å². The topological polar surface area (TPSA) is 0 Å². The van der Waals surface area contributed by atoms with Gasteiger partial charge in [-0.15, -0.1) is 0 Å². The maximum absolute atomic E-state index is 2.44. The van der Waals surface area contributed by atoms with Crippen LogP contribution in [0.1, 0.15) is 30.0 Å². The molecule has 5 heteroatoms. The maximum atomic E-state index is 2.44. The van der Waals surface area contributed by atoms with E-state index in [1.807, 2.05) is 0 Å². The van der Waals surface area contributed by atoms with Crippen molar-refractivity contribution in [2.45, 2.75) is 34.1 Å². The van der Waals surface area contributed by atoms with Gasteiger partial charge in [0.15, 0.2) is 0 Å². The second-order valence-electron chi connectivity index (χ2n) is 8.28. The largest absolute Gasteiger partial charge is 1.00 e. The molecule has 0 radical (unpaired) electrons. The van der Waals surface area contributed by atoms with Crippen molar-refractivity contribution in [1.29, 1.82) is 0 Å². The molecule has 164 valence electrons. The summed E-state index contributed by atoms with van der Waals surface area (Å²) >= 11 is 2.27. The Morgan fingerprint density at radius 2 is 1.00 bits per heavy atom. The Bertz CT molecular complexity index is 1040. The zero-order valence-corrected chi connectivity index (χ0v) is 23.7. The van der Waals surface area contributed by atoms with E-state index >= 15 is 0 Å². The summed E-state index contributed by atoms with van der Waals surface area (Å²) in [7, 11) is -2.36. The predicted molar refractivity (Wildman–Crippen MR) is 124 cm³/mol. The van der Waals surface area contributed by atoms with Gasteiger partial charge < -0.3 is 37.2 Å². The van der Waals surface area contributed by atoms with Crippen LogP contribution < -0.4 is 52.8 Å². The van der Waals surface area contributed by atoms with Crippen LogP contribution >= 0.6 is 0 Å². The second-order valence-corrected chi connectivity index (χ2v) is 13.0. The van der Waals surface area contributed by atoms with Crippen molar-refractivity contribution in [2.75, 3.05) is 0 Å². The average Bonchev–Trinajstić information content (AvgIpc) is 3.02. The van der Waals surface area contributed by atoms with Crippen molar-refractivity contribution in [3.05, 3.63) is 110 Å². The molecular weight excluding hydrogens is 507 g/mol. The smallest absolute Gasteiger partial charge is 1.00 e. The summed E-state index contributed by atoms with van der Waals surface area (Å²) < 4.78 is 1.44. The molecule has 0 aromatic heterocycles. The minimum Gasteiger partial charge on any atom is -1.00 e. The molecule has 0 N–H and O–H groups in total. The van der Waals surface area contributed by atoms with E-state index in [2.05, 4.69) is 127 Å². The fourth-order valence-corrected chi connectivity index (χ4v) is 10.9. The van der Waals surface area contributed by atoms with Gasteiger partial charge in [-0.1, -0.05) is 0 Å². The van der Waals surface area contributed by atoms with Gasteiger partial charge in [-0.05, 0) is 0 Å². The van der Waals surface area contributed by atoms with Gasteiger partial charge in [0.05, 0.1) is 0 Å². The molecule has 4 rings (SSSR count). The van der Waals surface area contributed by atoms with Gasteiger partial charge in [0.2, 0.25) is 0 Å². The Balaban J connectivity index is 0.00000171. The molecular formula is C27H27Cl3SiTi. The van der Waals surface area contributed by atoms with Gasteiger partial charge >= 0.3 is 188 Å². The molecule has 3 aromatic rings. The molecule has 0 saturated heterocycles. The number of benzene rings is 3. The Morgan fingerprint density at radius 3 is 1.28 bits per heavy atom. The molecule has 0 nitrogen and oxygen atoms in total. The van der Waals surface area contributed by atoms with Crippen molar-refractivity contribution < 1.29 is 57.7 Å². The van der Waals surface area contributed by atoms with E-state index in [1.165, 1.54) is 41.7 Å². The first-order chi connectivity index (χ1) is 13.9. The zero-order chi connectivity index (χ0) is 20.6. The minimum atomic E-state index is -2.36. The Morgan fingerprint density at radius 1 is 0.625 bits per heavy atom. The summed E-state index contributed by atoms with van der Waals surface area (Å²) in [6.07, 6.45) is 3.48. The van der Waals surface area contributed by atoms with Crippen LogP contribution in [-0.4, -0.2) is 8.07 Å². The molecule has 32 heavy (non-hydrogen) atoms. The molecule has 1 aliphatic carbocycles. The van der Waals surface area contributed by atoms with Gasteiger partial charge in [0.25, 0.3) is 0 Å². The quantitative estimate of drug-likeness (QED) is 0.236. The van der Waals surface area contributed by atoms with Crippen LogP contribution in [0.2, 0.25) is 0 Å². The van der Waals surface area contributed by atoms with Crippen LogP contribution in [0.3, 0.4) is 0 Å². The van der Waals surface area contributed by atoms with Crippen LogP contribution in [0.15, 0.2) is 93.5 Å². The van der Waals surface area contributed by atoms with Crippen LogP contribution in [0, 0.1) is 20.8 Å². The molecule has 3 aromatic carbocycles. The summed E-state index contributed by atoms with van der Waals surface area (Å²) in [6, 6.07) is 27.8. The van der Waals surface area contributed by atoms with Gasteiger partial charge in [0, 0.05) is 0 Å². The number of allylic oxidation sites excluding steroid dienone is 4. The second kappa shape index (κ2) is 11.9. The average molecular weight is 534 g/mol. The molecule has 0 saturated carbocycles. The summed E-state index contributed by atoms with van der Waals surface area (Å²) in [6.45, 7) is 8.98. The van der Waals surface area contributed by atoms with Crippen molar-refractivity contribution in [1.82, 2.24) is 0 Å². The number of hydrogen-bond acceptors (Lipinski definition) is 0. The van der Waals surface area contributed by atoms with E-state index in [1.54, 1.807) is 5.20 Å². The van der Waals surface area contributed by atoms with Gasteiger partial charge in [-0.25, -0.2) is 0 Å². The van der Waals surface area contributed by atoms with Crippen LogP contribution in [0.5, 0.6) is 0 Å². The molecule has 0 fully saturated rings. The van der Waals surface area contributed by atoms with Crippen molar-refractivity contribution >= 4 is 23.6 Å². The fraction of sp³-hybridized carbons (Fsp3) is 0.185. The Kier molecular flexibility index (Phi) is 10.8. The third-order valence-electron chi connectivity index (χ3n) is 6.17. The summed E-state index contributed by atoms with van der Waals surface area (Å²) in [4.78, 5) is 0. The summed E-state index contributed by atoms with van der Waals surface area (Å²) in [5, 5.41) is 6.11. The van der Waals surface area contributed by atoms with E-state index in [-0.39, 0.29) is 37.2 Å². The van der Waals surface area contributed by atoms with E-state index < -0.39 is 8.07 Å². The molecule has 0 unspecified atom stereocenters. The van der Waals surface area contributed by atoms with E-state index in [0.717, 1.165) is 6.42 Å². The van der Waals surface area contributed by atoms with E-state index in [4.69, 9.17) is 0 Å². The molecule has 0 atom stereocenters. The fourth-order valence-electron chi connectivity index (χ4n) is 4.76. The van der Waals surface area contributed by atoms with Crippen LogP contribution in [0.4, 0.5) is 0 Å². The normalized spacial score (nSPS) is 13.0. The van der Waals surface area contributed by atoms with Gasteiger partial charge in [-0.2, -0.15) is 0 Å². The Labute approximate surface area is 224 Å². The summed E-state index contributed by atoms with van der Waals surface area (Å²) in [5.41, 5.74) is 5.49. The standard InChI is InChI=1S/C27H27Si.3ClH.Ti/c1-20-9-5-13-24(17-20)28(27-16-8-12-23(27)4,25-14-6-10-21(2)18-25)26-15-7-11-22(3)19-26;;;;/h5-11,13-15,17-19H,16H2,1-4H3;3*1H;/q;;;;+3/p-3. The maximum Gasteiger partial charge on any atom is -1.00 e. The number of aryl methyl sites for hydroxylation is 3. The van der Waals surface area contributed by atoms with Crippen molar-refractivity contribution in [3.8, 4) is 0 Å². The van der Waals surface area contributed by atoms with Gasteiger partial charge in [0.1, 0.15) is 0 Å². The Hall–Kier alpha value is -1.06. The third-order valence-corrected chi connectivity index (χ3v) is 12.1. The number of rotatable bonds is 4. The zero-order valence-electron chi connectivity index (χ0n) is 18.8. The molecule has 0 aliphatic heterocycles. The molecule has 0 bridgehead atoms. The van der Waals surface area contributed by atoms with E-state index in [0.29, 0.717) is 0 Å². The third kappa shape index (κ3) is 5.20. The van der Waals surface area contributed by atoms with Crippen molar-refractivity contribution in [2.24, 2.45) is 0 Å². The predicted octanol–water partition coefficient (Wildman–Crippen LogP) is -4.22. The first kappa shape index (κ1) is 29.0. The van der Waals surface area contributed by atoms with Crippen molar-refractivity contribution in [3.63, 3.8) is 0 Å². The number of hydrogen-bond donors (Lipinski definition) is 0. The molecule has 0 heterocycles.